The Hall–Kier alpha value is -1.31. The van der Waals surface area contributed by atoms with Gasteiger partial charge in [-0.05, 0) is 47.8 Å². The van der Waals surface area contributed by atoms with Gasteiger partial charge in [0.05, 0.1) is 0 Å². The molecule has 0 aromatic heterocycles. The van der Waals surface area contributed by atoms with Crippen molar-refractivity contribution in [2.24, 2.45) is 4.99 Å². The normalized spacial score (nSPS) is 27.8. The second kappa shape index (κ2) is 9.45. The summed E-state index contributed by atoms with van der Waals surface area (Å²) in [6.45, 7) is 6.19. The quantitative estimate of drug-likeness (QED) is 0.119. The van der Waals surface area contributed by atoms with E-state index < -0.39 is 21.2 Å². The summed E-state index contributed by atoms with van der Waals surface area (Å²) in [4.78, 5) is 31.9. The van der Waals surface area contributed by atoms with Crippen LogP contribution in [0.15, 0.2) is 47.5 Å². The molecular weight excluding hydrogens is 488 g/mol. The summed E-state index contributed by atoms with van der Waals surface area (Å²) in [5.41, 5.74) is 0.905. The number of hydrogen-bond donors (Lipinski definition) is 0. The molecule has 1 aromatic rings. The molecule has 0 spiro atoms. The van der Waals surface area contributed by atoms with Crippen molar-refractivity contribution in [3.05, 3.63) is 48.0 Å². The van der Waals surface area contributed by atoms with E-state index in [1.54, 1.807) is 11.0 Å². The molecule has 1 aromatic carbocycles. The molecule has 1 amide bonds. The lowest BCUT2D eigenvalue weighted by Gasteiger charge is -2.47. The van der Waals surface area contributed by atoms with Crippen molar-refractivity contribution in [2.45, 2.75) is 67.3 Å². The summed E-state index contributed by atoms with van der Waals surface area (Å²) in [5, 5.41) is -0.0587. The molecule has 0 N–H and O–H groups in total. The number of aliphatic imine (C=N–C) groups is 1. The highest BCUT2D eigenvalue weighted by Gasteiger charge is 2.71. The molecule has 0 bridgehead atoms. The summed E-state index contributed by atoms with van der Waals surface area (Å²) in [6, 6.07) is 8.81. The molecule has 3 atom stereocenters. The van der Waals surface area contributed by atoms with Gasteiger partial charge in [0.1, 0.15) is 23.2 Å². The molecule has 0 saturated carbocycles. The van der Waals surface area contributed by atoms with Gasteiger partial charge in [0.25, 0.3) is 5.91 Å². The summed E-state index contributed by atoms with van der Waals surface area (Å²) < 4.78 is 3.87. The molecule has 2 heterocycles. The first-order valence-corrected chi connectivity index (χ1v) is 12.1. The number of allylic oxidation sites excluding steroid dienone is 2. The number of amides is 1. The fraction of sp³-hybridized carbons (Fsp3) is 0.500. The molecule has 2 aliphatic heterocycles. The van der Waals surface area contributed by atoms with E-state index in [0.29, 0.717) is 0 Å². The monoisotopic (exact) mass is 512 g/mol. The van der Waals surface area contributed by atoms with Gasteiger partial charge in [0.15, 0.2) is 0 Å². The van der Waals surface area contributed by atoms with Crippen LogP contribution in [0.5, 0.6) is 0 Å². The van der Waals surface area contributed by atoms with Gasteiger partial charge in [-0.25, -0.2) is 9.79 Å². The number of β-lactam (4-membered cyclic amide) rings is 1. The van der Waals surface area contributed by atoms with E-state index in [-0.39, 0.29) is 23.1 Å². The maximum Gasteiger partial charge on any atom is 0.330 e. The second-order valence-electron chi connectivity index (χ2n) is 7.93. The molecule has 2 saturated heterocycles. The maximum absolute atomic E-state index is 13.0. The number of rotatable bonds is 8. The summed E-state index contributed by atoms with van der Waals surface area (Å²) >= 11 is 11.3. The molecule has 162 valence electrons. The number of benzene rings is 1. The van der Waals surface area contributed by atoms with Crippen LogP contribution >= 0.6 is 39.3 Å². The van der Waals surface area contributed by atoms with E-state index in [1.807, 2.05) is 50.3 Å². The first-order valence-electron chi connectivity index (χ1n) is 10.0. The minimum absolute atomic E-state index is 0.176. The van der Waals surface area contributed by atoms with Crippen molar-refractivity contribution in [3.63, 3.8) is 0 Å². The lowest BCUT2D eigenvalue weighted by molar-refractivity contribution is -0.164. The van der Waals surface area contributed by atoms with E-state index in [4.69, 9.17) is 16.3 Å². The van der Waals surface area contributed by atoms with E-state index in [1.165, 1.54) is 11.8 Å². The lowest BCUT2D eigenvalue weighted by atomic mass is 9.96. The third-order valence-electron chi connectivity index (χ3n) is 5.16. The smallest absolute Gasteiger partial charge is 0.330 e. The van der Waals surface area contributed by atoms with Crippen LogP contribution in [-0.4, -0.2) is 42.6 Å². The standard InChI is InChI=1S/C22H26BrClN2O3S/c1-4-5-6-10-13-16(24)25-22(23)19(28)26-17(21(2,3)30-20(22)26)18(27)29-14-15-11-8-7-9-12-15/h7-13,17,20H,4-6,14H2,1-3H3/t17-,20+,22+/m0/s1. The lowest BCUT2D eigenvalue weighted by Crippen LogP contribution is -2.70. The average Bonchev–Trinajstić information content (AvgIpc) is 2.99. The fourth-order valence-electron chi connectivity index (χ4n) is 3.59. The molecule has 2 aliphatic rings. The number of hydrogen-bond acceptors (Lipinski definition) is 5. The van der Waals surface area contributed by atoms with Gasteiger partial charge in [0, 0.05) is 4.75 Å². The Kier molecular flexibility index (Phi) is 7.36. The number of nitrogens with zero attached hydrogens (tertiary/aromatic N) is 2. The van der Waals surface area contributed by atoms with Gasteiger partial charge in [-0.15, -0.1) is 11.8 Å². The third-order valence-corrected chi connectivity index (χ3v) is 8.25. The van der Waals surface area contributed by atoms with Gasteiger partial charge in [0.2, 0.25) is 4.45 Å². The Morgan fingerprint density at radius 3 is 2.73 bits per heavy atom. The highest BCUT2D eigenvalue weighted by molar-refractivity contribution is 9.10. The average molecular weight is 514 g/mol. The minimum Gasteiger partial charge on any atom is -0.459 e. The summed E-state index contributed by atoms with van der Waals surface area (Å²) in [5.74, 6) is -0.677. The second-order valence-corrected chi connectivity index (χ2v) is 11.3. The molecule has 8 heteroatoms. The van der Waals surface area contributed by atoms with Crippen LogP contribution in [0.25, 0.3) is 0 Å². The Labute approximate surface area is 195 Å². The van der Waals surface area contributed by atoms with Gasteiger partial charge >= 0.3 is 5.97 Å². The number of fused-ring (bicyclic) bond motifs is 1. The van der Waals surface area contributed by atoms with E-state index >= 15 is 0 Å². The van der Waals surface area contributed by atoms with Crippen molar-refractivity contribution in [1.82, 2.24) is 4.90 Å². The number of esters is 1. The van der Waals surface area contributed by atoms with E-state index in [0.717, 1.165) is 24.8 Å². The molecule has 30 heavy (non-hydrogen) atoms. The van der Waals surface area contributed by atoms with Crippen LogP contribution in [0.4, 0.5) is 0 Å². The molecule has 5 nitrogen and oxygen atoms in total. The molecule has 0 radical (unpaired) electrons. The van der Waals surface area contributed by atoms with Gasteiger partial charge in [-0.2, -0.15) is 0 Å². The predicted molar refractivity (Wildman–Crippen MR) is 126 cm³/mol. The minimum atomic E-state index is -1.16. The molecule has 0 unspecified atom stereocenters. The van der Waals surface area contributed by atoms with E-state index in [2.05, 4.69) is 27.8 Å². The topological polar surface area (TPSA) is 59.0 Å². The van der Waals surface area contributed by atoms with Crippen molar-refractivity contribution in [3.8, 4) is 0 Å². The largest absolute Gasteiger partial charge is 0.459 e. The SMILES string of the molecule is CCCCC=CC(Cl)=N[C@]1(Br)C(=O)N2[C@@H](C(=O)OCc3ccccc3)C(C)(C)S[C@@H]21. The Morgan fingerprint density at radius 2 is 2.07 bits per heavy atom. The summed E-state index contributed by atoms with van der Waals surface area (Å²) in [7, 11) is 0. The molecule has 2 fully saturated rings. The van der Waals surface area contributed by atoms with Gasteiger partial charge < -0.3 is 9.64 Å². The van der Waals surface area contributed by atoms with Crippen molar-refractivity contribution < 1.29 is 14.3 Å². The zero-order valence-corrected chi connectivity index (χ0v) is 20.5. The van der Waals surface area contributed by atoms with Crippen LogP contribution in [0.2, 0.25) is 0 Å². The Morgan fingerprint density at radius 1 is 1.37 bits per heavy atom. The fourth-order valence-corrected chi connectivity index (χ4v) is 6.37. The first-order chi connectivity index (χ1) is 14.2. The summed E-state index contributed by atoms with van der Waals surface area (Å²) in [6.07, 6.45) is 6.78. The van der Waals surface area contributed by atoms with Crippen molar-refractivity contribution in [1.29, 1.82) is 0 Å². The number of ether oxygens (including phenoxy) is 1. The zero-order chi connectivity index (χ0) is 21.9. The highest BCUT2D eigenvalue weighted by atomic mass is 79.9. The van der Waals surface area contributed by atoms with E-state index in [9.17, 15) is 9.59 Å². The van der Waals surface area contributed by atoms with Crippen molar-refractivity contribution in [2.75, 3.05) is 0 Å². The zero-order valence-electron chi connectivity index (χ0n) is 17.3. The number of carbonyl (C=O) groups excluding carboxylic acids is 2. The third kappa shape index (κ3) is 4.63. The number of thioether (sulfide) groups is 1. The molecule has 0 aliphatic carbocycles. The van der Waals surface area contributed by atoms with Crippen LogP contribution in [0, 0.1) is 0 Å². The molecule has 3 rings (SSSR count). The van der Waals surface area contributed by atoms with Crippen LogP contribution in [-0.2, 0) is 20.9 Å². The first kappa shape index (κ1) is 23.4. The number of carbonyl (C=O) groups is 2. The van der Waals surface area contributed by atoms with Gasteiger partial charge in [-0.3, -0.25) is 4.79 Å². The van der Waals surface area contributed by atoms with Crippen LogP contribution < -0.4 is 0 Å². The highest BCUT2D eigenvalue weighted by Crippen LogP contribution is 2.58. The van der Waals surface area contributed by atoms with Gasteiger partial charge in [-0.1, -0.05) is 67.8 Å². The maximum atomic E-state index is 13.0. The van der Waals surface area contributed by atoms with Crippen LogP contribution in [0.1, 0.15) is 45.6 Å². The predicted octanol–water partition coefficient (Wildman–Crippen LogP) is 5.27. The Balaban J connectivity index is 1.71. The van der Waals surface area contributed by atoms with Crippen molar-refractivity contribution >= 4 is 56.3 Å². The molecular formula is C22H26BrClN2O3S. The number of alkyl halides is 1. The van der Waals surface area contributed by atoms with Crippen LogP contribution in [0.3, 0.4) is 0 Å². The number of unbranched alkanes of at least 4 members (excludes halogenated alkanes) is 2. The Bertz CT molecular complexity index is 861. The number of halogens is 2.